The molecule has 0 aliphatic carbocycles. The second-order valence-electron chi connectivity index (χ2n) is 7.13. The minimum absolute atomic E-state index is 0.452. The van der Waals surface area contributed by atoms with Crippen LogP contribution in [0, 0.1) is 0 Å². The summed E-state index contributed by atoms with van der Waals surface area (Å²) >= 11 is 6.24. The lowest BCUT2D eigenvalue weighted by molar-refractivity contribution is 0.152. The van der Waals surface area contributed by atoms with E-state index in [0.29, 0.717) is 6.04 Å². The van der Waals surface area contributed by atoms with Crippen LogP contribution in [0.15, 0.2) is 24.3 Å². The Bertz CT molecular complexity index is 739. The van der Waals surface area contributed by atoms with Crippen LogP contribution in [0.25, 0.3) is 5.69 Å². The molecule has 1 aromatic carbocycles. The number of halogens is 1. The normalized spacial score (nSPS) is 21.4. The van der Waals surface area contributed by atoms with Gasteiger partial charge in [0.05, 0.1) is 17.4 Å². The number of fused-ring (bicyclic) bond motifs is 1. The summed E-state index contributed by atoms with van der Waals surface area (Å²) in [5.74, 6) is 1.18. The number of piperidine rings is 1. The summed E-state index contributed by atoms with van der Waals surface area (Å²) in [5.41, 5.74) is 3.75. The number of aromatic nitrogens is 2. The molecule has 4 nitrogen and oxygen atoms in total. The highest BCUT2D eigenvalue weighted by Crippen LogP contribution is 2.37. The van der Waals surface area contributed by atoms with Gasteiger partial charge in [0.15, 0.2) is 0 Å². The Hall–Kier alpha value is -1.52. The first-order valence-electron chi connectivity index (χ1n) is 9.63. The molecule has 2 aliphatic rings. The van der Waals surface area contributed by atoms with Crippen molar-refractivity contribution >= 4 is 17.4 Å². The third-order valence-electron chi connectivity index (χ3n) is 5.55. The minimum Gasteiger partial charge on any atom is -0.370 e. The summed E-state index contributed by atoms with van der Waals surface area (Å²) in [4.78, 5) is 2.60. The lowest BCUT2D eigenvalue weighted by atomic mass is 9.95. The zero-order chi connectivity index (χ0) is 17.2. The molecular weight excluding hydrogens is 332 g/mol. The van der Waals surface area contributed by atoms with E-state index in [1.807, 2.05) is 18.2 Å². The fourth-order valence-electron chi connectivity index (χ4n) is 4.27. The number of hydrogen-bond acceptors (Lipinski definition) is 3. The van der Waals surface area contributed by atoms with Crippen molar-refractivity contribution in [2.45, 2.75) is 51.5 Å². The predicted molar refractivity (Wildman–Crippen MR) is 104 cm³/mol. The Morgan fingerprint density at radius 1 is 1.24 bits per heavy atom. The fraction of sp³-hybridized carbons (Fsp3) is 0.550. The number of likely N-dealkylation sites (tertiary alicyclic amines) is 1. The molecule has 1 saturated heterocycles. The van der Waals surface area contributed by atoms with Crippen molar-refractivity contribution in [2.75, 3.05) is 25.0 Å². The van der Waals surface area contributed by atoms with E-state index in [-0.39, 0.29) is 0 Å². The van der Waals surface area contributed by atoms with Crippen molar-refractivity contribution < 1.29 is 0 Å². The third kappa shape index (κ3) is 3.30. The summed E-state index contributed by atoms with van der Waals surface area (Å²) in [6.45, 7) is 5.56. The van der Waals surface area contributed by atoms with Crippen molar-refractivity contribution in [3.8, 4) is 5.69 Å². The van der Waals surface area contributed by atoms with Gasteiger partial charge in [-0.3, -0.25) is 4.90 Å². The van der Waals surface area contributed by atoms with Crippen molar-refractivity contribution in [2.24, 2.45) is 0 Å². The average Bonchev–Trinajstić information content (AvgIpc) is 2.82. The Morgan fingerprint density at radius 3 is 3.00 bits per heavy atom. The SMILES string of the molecule is CCN1CCCCC1c1nn(-c2cccc(Cl)c2)c2c1CCCCN2. The van der Waals surface area contributed by atoms with Gasteiger partial charge in [0, 0.05) is 17.1 Å². The average molecular weight is 359 g/mol. The molecule has 2 aliphatic heterocycles. The molecule has 1 atom stereocenters. The van der Waals surface area contributed by atoms with Gasteiger partial charge in [0.2, 0.25) is 0 Å². The lowest BCUT2D eigenvalue weighted by Gasteiger charge is -2.34. The number of anilines is 1. The van der Waals surface area contributed by atoms with Crippen molar-refractivity contribution in [1.82, 2.24) is 14.7 Å². The Kier molecular flexibility index (Phi) is 5.00. The number of benzene rings is 1. The highest BCUT2D eigenvalue weighted by molar-refractivity contribution is 6.30. The monoisotopic (exact) mass is 358 g/mol. The first kappa shape index (κ1) is 16.9. The van der Waals surface area contributed by atoms with E-state index in [4.69, 9.17) is 16.7 Å². The van der Waals surface area contributed by atoms with Crippen molar-refractivity contribution in [3.05, 3.63) is 40.5 Å². The number of hydrogen-bond donors (Lipinski definition) is 1. The fourth-order valence-corrected chi connectivity index (χ4v) is 4.45. The zero-order valence-electron chi connectivity index (χ0n) is 15.0. The molecule has 0 amide bonds. The molecule has 4 rings (SSSR count). The molecule has 134 valence electrons. The van der Waals surface area contributed by atoms with E-state index < -0.39 is 0 Å². The number of rotatable bonds is 3. The molecule has 1 fully saturated rings. The summed E-state index contributed by atoms with van der Waals surface area (Å²) in [5, 5.41) is 9.52. The number of nitrogens with one attached hydrogen (secondary N) is 1. The zero-order valence-corrected chi connectivity index (χ0v) is 15.7. The van der Waals surface area contributed by atoms with E-state index in [1.54, 1.807) is 0 Å². The molecule has 1 aromatic heterocycles. The molecule has 1 unspecified atom stereocenters. The molecular formula is C20H27ClN4. The molecule has 5 heteroatoms. The van der Waals surface area contributed by atoms with Crippen LogP contribution in [0.3, 0.4) is 0 Å². The number of nitrogens with zero attached hydrogens (tertiary/aromatic N) is 3. The van der Waals surface area contributed by atoms with Gasteiger partial charge in [-0.15, -0.1) is 0 Å². The smallest absolute Gasteiger partial charge is 0.133 e. The van der Waals surface area contributed by atoms with Crippen molar-refractivity contribution in [3.63, 3.8) is 0 Å². The highest BCUT2D eigenvalue weighted by Gasteiger charge is 2.30. The Morgan fingerprint density at radius 2 is 2.16 bits per heavy atom. The summed E-state index contributed by atoms with van der Waals surface area (Å²) in [6.07, 6.45) is 7.38. The molecule has 25 heavy (non-hydrogen) atoms. The van der Waals surface area contributed by atoms with E-state index in [2.05, 4.69) is 27.9 Å². The first-order valence-corrected chi connectivity index (χ1v) is 10.0. The van der Waals surface area contributed by atoms with E-state index in [9.17, 15) is 0 Å². The topological polar surface area (TPSA) is 33.1 Å². The molecule has 0 radical (unpaired) electrons. The maximum Gasteiger partial charge on any atom is 0.133 e. The Labute approximate surface area is 155 Å². The van der Waals surface area contributed by atoms with Crippen LogP contribution in [-0.2, 0) is 6.42 Å². The van der Waals surface area contributed by atoms with Gasteiger partial charge in [-0.25, -0.2) is 4.68 Å². The third-order valence-corrected chi connectivity index (χ3v) is 5.78. The van der Waals surface area contributed by atoms with Gasteiger partial charge >= 0.3 is 0 Å². The van der Waals surface area contributed by atoms with Crippen molar-refractivity contribution in [1.29, 1.82) is 0 Å². The predicted octanol–water partition coefficient (Wildman–Crippen LogP) is 4.82. The minimum atomic E-state index is 0.452. The van der Waals surface area contributed by atoms with Gasteiger partial charge < -0.3 is 5.32 Å². The second kappa shape index (κ2) is 7.38. The summed E-state index contributed by atoms with van der Waals surface area (Å²) in [7, 11) is 0. The van der Waals surface area contributed by atoms with Crippen LogP contribution in [0.2, 0.25) is 5.02 Å². The molecule has 0 saturated carbocycles. The van der Waals surface area contributed by atoms with Gasteiger partial charge in [-0.1, -0.05) is 31.0 Å². The van der Waals surface area contributed by atoms with E-state index in [1.165, 1.54) is 55.7 Å². The van der Waals surface area contributed by atoms with Gasteiger partial charge in [-0.2, -0.15) is 5.10 Å². The van der Waals surface area contributed by atoms with Gasteiger partial charge in [0.1, 0.15) is 5.82 Å². The van der Waals surface area contributed by atoms with Crippen LogP contribution < -0.4 is 5.32 Å². The van der Waals surface area contributed by atoms with Crippen LogP contribution in [0.1, 0.15) is 56.3 Å². The molecule has 0 spiro atoms. The van der Waals surface area contributed by atoms with Gasteiger partial charge in [-0.05, 0) is 63.4 Å². The van der Waals surface area contributed by atoms with Crippen LogP contribution in [0.4, 0.5) is 5.82 Å². The standard InChI is InChI=1S/C20H27ClN4/c1-2-24-13-6-4-11-18(24)19-17-10-3-5-12-22-20(17)25(23-19)16-9-7-8-15(21)14-16/h7-9,14,18,22H,2-6,10-13H2,1H3. The first-order chi connectivity index (χ1) is 12.3. The molecule has 3 heterocycles. The summed E-state index contributed by atoms with van der Waals surface area (Å²) in [6, 6.07) is 8.47. The van der Waals surface area contributed by atoms with Crippen LogP contribution >= 0.6 is 11.6 Å². The highest BCUT2D eigenvalue weighted by atomic mass is 35.5. The lowest BCUT2D eigenvalue weighted by Crippen LogP contribution is -2.33. The van der Waals surface area contributed by atoms with Gasteiger partial charge in [0.25, 0.3) is 0 Å². The van der Waals surface area contributed by atoms with E-state index in [0.717, 1.165) is 30.2 Å². The quantitative estimate of drug-likeness (QED) is 0.853. The maximum absolute atomic E-state index is 6.24. The summed E-state index contributed by atoms with van der Waals surface area (Å²) < 4.78 is 2.09. The Balaban J connectivity index is 1.82. The van der Waals surface area contributed by atoms with E-state index >= 15 is 0 Å². The molecule has 2 aromatic rings. The van der Waals surface area contributed by atoms with Crippen LogP contribution in [0.5, 0.6) is 0 Å². The molecule has 0 bridgehead atoms. The maximum atomic E-state index is 6.24. The second-order valence-corrected chi connectivity index (χ2v) is 7.56. The van der Waals surface area contributed by atoms with Crippen LogP contribution in [-0.4, -0.2) is 34.3 Å². The largest absolute Gasteiger partial charge is 0.370 e. The molecule has 1 N–H and O–H groups in total.